The summed E-state index contributed by atoms with van der Waals surface area (Å²) in [4.78, 5) is 24.5. The number of ether oxygens (including phenoxy) is 2. The fourth-order valence-electron chi connectivity index (χ4n) is 2.01. The largest absolute Gasteiger partial charge is 0.496 e. The summed E-state index contributed by atoms with van der Waals surface area (Å²) in [5, 5.41) is 0.208. The molecule has 2 rings (SSSR count). The average Bonchev–Trinajstić information content (AvgIpc) is 2.56. The Balaban J connectivity index is 2.19. The maximum Gasteiger partial charge on any atom is 0.342 e. The lowest BCUT2D eigenvalue weighted by molar-refractivity contribution is 0.0316. The summed E-state index contributed by atoms with van der Waals surface area (Å²) in [6, 6.07) is 11.4. The SMILES string of the molecule is COc1cc(N)c(Cl)cc1C(=O)OC(C)C(=O)c1ccccc1. The van der Waals surface area contributed by atoms with Crippen LogP contribution in [0.25, 0.3) is 0 Å². The topological polar surface area (TPSA) is 78.6 Å². The first kappa shape index (κ1) is 16.8. The Bertz CT molecular complexity index is 731. The summed E-state index contributed by atoms with van der Waals surface area (Å²) in [5.41, 5.74) is 6.54. The van der Waals surface area contributed by atoms with Crippen molar-refractivity contribution in [2.45, 2.75) is 13.0 Å². The van der Waals surface area contributed by atoms with Crippen molar-refractivity contribution >= 4 is 29.0 Å². The number of methoxy groups -OCH3 is 1. The lowest BCUT2D eigenvalue weighted by Crippen LogP contribution is -2.24. The summed E-state index contributed by atoms with van der Waals surface area (Å²) in [6.45, 7) is 1.51. The number of carbonyl (C=O) groups is 2. The van der Waals surface area contributed by atoms with E-state index in [2.05, 4.69) is 0 Å². The number of Topliss-reactive ketones (excluding diaryl/α,β-unsaturated/α-hetero) is 1. The number of anilines is 1. The summed E-state index contributed by atoms with van der Waals surface area (Å²) in [6.07, 6.45) is -0.939. The van der Waals surface area contributed by atoms with Crippen LogP contribution in [0, 0.1) is 0 Å². The van der Waals surface area contributed by atoms with Crippen LogP contribution in [-0.2, 0) is 4.74 Å². The number of halogens is 1. The molecule has 0 aliphatic carbocycles. The average molecular weight is 334 g/mol. The third-order valence-electron chi connectivity index (χ3n) is 3.25. The number of ketones is 1. The molecule has 23 heavy (non-hydrogen) atoms. The molecule has 2 aromatic carbocycles. The molecule has 0 aliphatic heterocycles. The Morgan fingerprint density at radius 3 is 2.43 bits per heavy atom. The number of rotatable bonds is 5. The molecule has 5 nitrogen and oxygen atoms in total. The smallest absolute Gasteiger partial charge is 0.342 e. The third-order valence-corrected chi connectivity index (χ3v) is 3.58. The van der Waals surface area contributed by atoms with Gasteiger partial charge in [0.2, 0.25) is 5.78 Å². The molecule has 0 bridgehead atoms. The van der Waals surface area contributed by atoms with Crippen molar-refractivity contribution < 1.29 is 19.1 Å². The summed E-state index contributed by atoms with van der Waals surface area (Å²) in [5.74, 6) is -0.767. The van der Waals surface area contributed by atoms with Crippen LogP contribution in [0.4, 0.5) is 5.69 Å². The molecule has 0 radical (unpaired) electrons. The number of hydrogen-bond acceptors (Lipinski definition) is 5. The Labute approximate surface area is 139 Å². The monoisotopic (exact) mass is 333 g/mol. The summed E-state index contributed by atoms with van der Waals surface area (Å²) in [7, 11) is 1.40. The molecule has 0 aromatic heterocycles. The first-order valence-corrected chi connectivity index (χ1v) is 7.25. The van der Waals surface area contributed by atoms with Gasteiger partial charge in [-0.2, -0.15) is 0 Å². The summed E-state index contributed by atoms with van der Waals surface area (Å²) >= 11 is 5.93. The van der Waals surface area contributed by atoms with E-state index in [0.29, 0.717) is 5.56 Å². The van der Waals surface area contributed by atoms with Crippen LogP contribution in [0.2, 0.25) is 5.02 Å². The number of hydrogen-bond donors (Lipinski definition) is 1. The van der Waals surface area contributed by atoms with Gasteiger partial charge in [0.15, 0.2) is 6.10 Å². The van der Waals surface area contributed by atoms with Gasteiger partial charge in [-0.25, -0.2) is 4.79 Å². The van der Waals surface area contributed by atoms with Gasteiger partial charge < -0.3 is 15.2 Å². The second-order valence-corrected chi connectivity index (χ2v) is 5.26. The highest BCUT2D eigenvalue weighted by molar-refractivity contribution is 6.33. The van der Waals surface area contributed by atoms with Gasteiger partial charge >= 0.3 is 5.97 Å². The highest BCUT2D eigenvalue weighted by Gasteiger charge is 2.23. The zero-order valence-corrected chi connectivity index (χ0v) is 13.5. The molecule has 1 atom stereocenters. The lowest BCUT2D eigenvalue weighted by atomic mass is 10.1. The second-order valence-electron chi connectivity index (χ2n) is 4.85. The van der Waals surface area contributed by atoms with Crippen LogP contribution in [0.15, 0.2) is 42.5 Å². The van der Waals surface area contributed by atoms with Gasteiger partial charge in [0.1, 0.15) is 11.3 Å². The van der Waals surface area contributed by atoms with E-state index in [9.17, 15) is 9.59 Å². The van der Waals surface area contributed by atoms with E-state index in [4.69, 9.17) is 26.8 Å². The highest BCUT2D eigenvalue weighted by Crippen LogP contribution is 2.29. The zero-order valence-electron chi connectivity index (χ0n) is 12.7. The Hall–Kier alpha value is -2.53. The van der Waals surface area contributed by atoms with E-state index in [0.717, 1.165) is 0 Å². The molecular weight excluding hydrogens is 318 g/mol. The molecule has 0 aliphatic rings. The van der Waals surface area contributed by atoms with Gasteiger partial charge in [0, 0.05) is 11.6 Å². The molecule has 0 spiro atoms. The summed E-state index contributed by atoms with van der Waals surface area (Å²) < 4.78 is 10.3. The molecule has 0 heterocycles. The predicted octanol–water partition coefficient (Wildman–Crippen LogP) is 3.36. The molecule has 1 unspecified atom stereocenters. The molecule has 0 saturated carbocycles. The highest BCUT2D eigenvalue weighted by atomic mass is 35.5. The molecule has 0 saturated heterocycles. The van der Waals surface area contributed by atoms with Crippen molar-refractivity contribution in [1.29, 1.82) is 0 Å². The Kier molecular flexibility index (Phi) is 5.24. The van der Waals surface area contributed by atoms with Crippen molar-refractivity contribution in [3.63, 3.8) is 0 Å². The van der Waals surface area contributed by atoms with Crippen molar-refractivity contribution in [1.82, 2.24) is 0 Å². The zero-order chi connectivity index (χ0) is 17.0. The van der Waals surface area contributed by atoms with Gasteiger partial charge in [-0.1, -0.05) is 41.9 Å². The van der Waals surface area contributed by atoms with Gasteiger partial charge in [0.05, 0.1) is 17.8 Å². The van der Waals surface area contributed by atoms with Crippen LogP contribution in [0.1, 0.15) is 27.6 Å². The lowest BCUT2D eigenvalue weighted by Gasteiger charge is -2.14. The van der Waals surface area contributed by atoms with E-state index in [-0.39, 0.29) is 27.8 Å². The molecule has 6 heteroatoms. The van der Waals surface area contributed by atoms with Crippen molar-refractivity contribution in [3.05, 3.63) is 58.6 Å². The minimum atomic E-state index is -0.939. The number of benzene rings is 2. The van der Waals surface area contributed by atoms with Crippen LogP contribution in [0.3, 0.4) is 0 Å². The third kappa shape index (κ3) is 3.81. The normalized spacial score (nSPS) is 11.6. The molecular formula is C17H16ClNO4. The van der Waals surface area contributed by atoms with E-state index < -0.39 is 12.1 Å². The molecule has 0 amide bonds. The number of carbonyl (C=O) groups excluding carboxylic acids is 2. The van der Waals surface area contributed by atoms with Crippen LogP contribution < -0.4 is 10.5 Å². The van der Waals surface area contributed by atoms with Crippen LogP contribution >= 0.6 is 11.6 Å². The van der Waals surface area contributed by atoms with E-state index in [1.807, 2.05) is 0 Å². The molecule has 2 aromatic rings. The minimum Gasteiger partial charge on any atom is -0.496 e. The Morgan fingerprint density at radius 2 is 1.83 bits per heavy atom. The Morgan fingerprint density at radius 1 is 1.17 bits per heavy atom. The fraction of sp³-hybridized carbons (Fsp3) is 0.176. The maximum absolute atomic E-state index is 12.3. The van der Waals surface area contributed by atoms with Crippen molar-refractivity contribution in [3.8, 4) is 5.75 Å². The minimum absolute atomic E-state index is 0.111. The van der Waals surface area contributed by atoms with Gasteiger partial charge in [0.25, 0.3) is 0 Å². The van der Waals surface area contributed by atoms with Crippen LogP contribution in [0.5, 0.6) is 5.75 Å². The van der Waals surface area contributed by atoms with Gasteiger partial charge in [-0.05, 0) is 13.0 Å². The van der Waals surface area contributed by atoms with Crippen molar-refractivity contribution in [2.24, 2.45) is 0 Å². The molecule has 2 N–H and O–H groups in total. The maximum atomic E-state index is 12.3. The van der Waals surface area contributed by atoms with Crippen LogP contribution in [-0.4, -0.2) is 25.0 Å². The first-order valence-electron chi connectivity index (χ1n) is 6.87. The standard InChI is InChI=1S/C17H16ClNO4/c1-10(16(20)11-6-4-3-5-7-11)23-17(21)12-8-13(18)14(19)9-15(12)22-2/h3-10H,19H2,1-2H3. The van der Waals surface area contributed by atoms with Crippen molar-refractivity contribution in [2.75, 3.05) is 12.8 Å². The fourth-order valence-corrected chi connectivity index (χ4v) is 2.18. The first-order chi connectivity index (χ1) is 10.9. The van der Waals surface area contributed by atoms with E-state index in [1.54, 1.807) is 30.3 Å². The van der Waals surface area contributed by atoms with Gasteiger partial charge in [-0.3, -0.25) is 4.79 Å². The quantitative estimate of drug-likeness (QED) is 0.515. The van der Waals surface area contributed by atoms with Gasteiger partial charge in [-0.15, -0.1) is 0 Å². The predicted molar refractivity (Wildman–Crippen MR) is 88.1 cm³/mol. The van der Waals surface area contributed by atoms with E-state index >= 15 is 0 Å². The number of nitrogens with two attached hydrogens (primary N) is 1. The molecule has 120 valence electrons. The number of nitrogen functional groups attached to an aromatic ring is 1. The number of esters is 1. The second kappa shape index (κ2) is 7.15. The molecule has 0 fully saturated rings. The van der Waals surface area contributed by atoms with E-state index in [1.165, 1.54) is 26.2 Å².